The predicted octanol–water partition coefficient (Wildman–Crippen LogP) is 3.34. The van der Waals surface area contributed by atoms with Gasteiger partial charge in [-0.2, -0.15) is 0 Å². The van der Waals surface area contributed by atoms with Crippen LogP contribution in [0.3, 0.4) is 0 Å². The minimum atomic E-state index is -0.193. The Bertz CT molecular complexity index is 419. The smallest absolute Gasteiger partial charge is 0.126 e. The first-order chi connectivity index (χ1) is 8.78. The summed E-state index contributed by atoms with van der Waals surface area (Å²) in [5.74, 6) is -0.193. The molecule has 1 atom stereocenters. The molecular formula is C15H24ClFN2. The van der Waals surface area contributed by atoms with Crippen LogP contribution < -0.4 is 5.32 Å². The van der Waals surface area contributed by atoms with Crippen molar-refractivity contribution >= 4 is 11.6 Å². The maximum Gasteiger partial charge on any atom is 0.126 e. The van der Waals surface area contributed by atoms with Crippen LogP contribution in [0.2, 0.25) is 5.02 Å². The summed E-state index contributed by atoms with van der Waals surface area (Å²) in [5, 5.41) is 4.03. The molecule has 0 bridgehead atoms. The van der Waals surface area contributed by atoms with Gasteiger partial charge in [-0.1, -0.05) is 18.5 Å². The first kappa shape index (κ1) is 16.4. The minimum Gasteiger partial charge on any atom is -0.312 e. The van der Waals surface area contributed by atoms with Crippen LogP contribution in [0, 0.1) is 5.82 Å². The third-order valence-corrected chi connectivity index (χ3v) is 4.12. The van der Waals surface area contributed by atoms with Crippen LogP contribution >= 0.6 is 11.6 Å². The molecule has 0 fully saturated rings. The van der Waals surface area contributed by atoms with E-state index in [4.69, 9.17) is 11.6 Å². The van der Waals surface area contributed by atoms with E-state index in [1.54, 1.807) is 12.1 Å². The van der Waals surface area contributed by atoms with E-state index < -0.39 is 0 Å². The molecule has 0 aliphatic carbocycles. The average Bonchev–Trinajstić information content (AvgIpc) is 2.32. The Balaban J connectivity index is 2.99. The quantitative estimate of drug-likeness (QED) is 0.863. The van der Waals surface area contributed by atoms with Crippen molar-refractivity contribution in [3.8, 4) is 0 Å². The molecule has 1 N–H and O–H groups in total. The number of benzene rings is 1. The lowest BCUT2D eigenvalue weighted by molar-refractivity contribution is 0.137. The highest BCUT2D eigenvalue weighted by molar-refractivity contribution is 6.30. The number of hydrogen-bond donors (Lipinski definition) is 1. The fourth-order valence-corrected chi connectivity index (χ4v) is 2.24. The first-order valence-corrected chi connectivity index (χ1v) is 7.01. The van der Waals surface area contributed by atoms with Crippen LogP contribution in [0.15, 0.2) is 18.2 Å². The zero-order chi connectivity index (χ0) is 14.6. The van der Waals surface area contributed by atoms with Crippen molar-refractivity contribution < 1.29 is 4.39 Å². The second-order valence-corrected chi connectivity index (χ2v) is 6.03. The molecule has 0 saturated carbocycles. The number of halogens is 2. The molecule has 1 rings (SSSR count). The van der Waals surface area contributed by atoms with Gasteiger partial charge >= 0.3 is 0 Å². The van der Waals surface area contributed by atoms with Gasteiger partial charge in [0.05, 0.1) is 0 Å². The zero-order valence-corrected chi connectivity index (χ0v) is 13.2. The largest absolute Gasteiger partial charge is 0.312 e. The molecule has 0 aromatic heterocycles. The standard InChI is InChI=1S/C15H24ClFN2/c1-6-18-14(15(2,3)19(4)5)10-11-9-12(16)7-8-13(11)17/h7-9,14,18H,6,10H2,1-5H3. The van der Waals surface area contributed by atoms with Crippen LogP contribution in [0.4, 0.5) is 4.39 Å². The fraction of sp³-hybridized carbons (Fsp3) is 0.600. The molecule has 0 saturated heterocycles. The fourth-order valence-electron chi connectivity index (χ4n) is 2.05. The Kier molecular flexibility index (Phi) is 5.78. The lowest BCUT2D eigenvalue weighted by Crippen LogP contribution is -2.56. The summed E-state index contributed by atoms with van der Waals surface area (Å²) < 4.78 is 13.9. The van der Waals surface area contributed by atoms with Gasteiger partial charge < -0.3 is 10.2 Å². The Hall–Kier alpha value is -0.640. The van der Waals surface area contributed by atoms with Crippen LogP contribution in [0.5, 0.6) is 0 Å². The van der Waals surface area contributed by atoms with E-state index in [9.17, 15) is 4.39 Å². The molecule has 0 aliphatic heterocycles. The van der Waals surface area contributed by atoms with E-state index >= 15 is 0 Å². The van der Waals surface area contributed by atoms with Crippen LogP contribution in [0.1, 0.15) is 26.3 Å². The molecular weight excluding hydrogens is 263 g/mol. The molecule has 2 nitrogen and oxygen atoms in total. The van der Waals surface area contributed by atoms with Crippen molar-refractivity contribution in [1.29, 1.82) is 0 Å². The van der Waals surface area contributed by atoms with Crippen molar-refractivity contribution in [2.24, 2.45) is 0 Å². The van der Waals surface area contributed by atoms with Gasteiger partial charge in [0, 0.05) is 16.6 Å². The highest BCUT2D eigenvalue weighted by atomic mass is 35.5. The van der Waals surface area contributed by atoms with Crippen LogP contribution in [-0.4, -0.2) is 37.1 Å². The molecule has 108 valence electrons. The maximum absolute atomic E-state index is 13.9. The lowest BCUT2D eigenvalue weighted by atomic mass is 9.88. The van der Waals surface area contributed by atoms with Crippen molar-refractivity contribution in [2.45, 2.75) is 38.8 Å². The minimum absolute atomic E-state index is 0.0786. The number of likely N-dealkylation sites (N-methyl/N-ethyl adjacent to an activating group) is 2. The van der Waals surface area contributed by atoms with Gasteiger partial charge in [0.15, 0.2) is 0 Å². The number of nitrogens with zero attached hydrogens (tertiary/aromatic N) is 1. The van der Waals surface area contributed by atoms with E-state index in [1.165, 1.54) is 6.07 Å². The van der Waals surface area contributed by atoms with Gasteiger partial charge in [0.1, 0.15) is 5.82 Å². The normalized spacial score (nSPS) is 13.9. The third-order valence-electron chi connectivity index (χ3n) is 3.89. The molecule has 1 unspecified atom stereocenters. The van der Waals surface area contributed by atoms with Crippen LogP contribution in [-0.2, 0) is 6.42 Å². The lowest BCUT2D eigenvalue weighted by Gasteiger charge is -2.41. The molecule has 19 heavy (non-hydrogen) atoms. The van der Waals surface area contributed by atoms with Crippen LogP contribution in [0.25, 0.3) is 0 Å². The molecule has 0 heterocycles. The summed E-state index contributed by atoms with van der Waals surface area (Å²) in [4.78, 5) is 2.16. The van der Waals surface area contributed by atoms with Gasteiger partial charge in [-0.3, -0.25) is 0 Å². The van der Waals surface area contributed by atoms with Gasteiger partial charge in [0.25, 0.3) is 0 Å². The molecule has 1 aromatic rings. The van der Waals surface area contributed by atoms with Crippen molar-refractivity contribution in [3.05, 3.63) is 34.6 Å². The van der Waals surface area contributed by atoms with E-state index in [0.29, 0.717) is 17.0 Å². The van der Waals surface area contributed by atoms with E-state index in [1.807, 2.05) is 14.1 Å². The summed E-state index contributed by atoms with van der Waals surface area (Å²) in [6, 6.07) is 4.89. The SMILES string of the molecule is CCNC(Cc1cc(Cl)ccc1F)C(C)(C)N(C)C. The van der Waals surface area contributed by atoms with Gasteiger partial charge in [-0.25, -0.2) is 4.39 Å². The van der Waals surface area contributed by atoms with Crippen molar-refractivity contribution in [2.75, 3.05) is 20.6 Å². The zero-order valence-electron chi connectivity index (χ0n) is 12.4. The summed E-state index contributed by atoms with van der Waals surface area (Å²) in [5.41, 5.74) is 0.582. The Labute approximate surface area is 120 Å². The molecule has 4 heteroatoms. The Morgan fingerprint density at radius 1 is 1.37 bits per heavy atom. The molecule has 0 radical (unpaired) electrons. The van der Waals surface area contributed by atoms with Gasteiger partial charge in [-0.15, -0.1) is 0 Å². The third kappa shape index (κ3) is 4.16. The molecule has 1 aromatic carbocycles. The average molecular weight is 287 g/mol. The number of nitrogens with one attached hydrogen (secondary N) is 1. The van der Waals surface area contributed by atoms with E-state index in [-0.39, 0.29) is 17.4 Å². The molecule has 0 spiro atoms. The summed E-state index contributed by atoms with van der Waals surface area (Å²) >= 11 is 5.96. The topological polar surface area (TPSA) is 15.3 Å². The van der Waals surface area contributed by atoms with E-state index in [0.717, 1.165) is 6.54 Å². The summed E-state index contributed by atoms with van der Waals surface area (Å²) in [6.07, 6.45) is 0.616. The second-order valence-electron chi connectivity index (χ2n) is 5.60. The predicted molar refractivity (Wildman–Crippen MR) is 80.3 cm³/mol. The van der Waals surface area contributed by atoms with Gasteiger partial charge in [-0.05, 0) is 64.7 Å². The highest BCUT2D eigenvalue weighted by Gasteiger charge is 2.31. The van der Waals surface area contributed by atoms with Crippen molar-refractivity contribution in [3.63, 3.8) is 0 Å². The molecule has 0 aliphatic rings. The Morgan fingerprint density at radius 3 is 2.53 bits per heavy atom. The number of hydrogen-bond acceptors (Lipinski definition) is 2. The van der Waals surface area contributed by atoms with E-state index in [2.05, 4.69) is 31.0 Å². The first-order valence-electron chi connectivity index (χ1n) is 6.63. The number of rotatable bonds is 6. The monoisotopic (exact) mass is 286 g/mol. The highest BCUT2D eigenvalue weighted by Crippen LogP contribution is 2.23. The summed E-state index contributed by atoms with van der Waals surface area (Å²) in [6.45, 7) is 7.22. The maximum atomic E-state index is 13.9. The van der Waals surface area contributed by atoms with Gasteiger partial charge in [0.2, 0.25) is 0 Å². The molecule has 0 amide bonds. The second kappa shape index (κ2) is 6.69. The summed E-state index contributed by atoms with van der Waals surface area (Å²) in [7, 11) is 4.08. The Morgan fingerprint density at radius 2 is 2.00 bits per heavy atom. The van der Waals surface area contributed by atoms with Crippen molar-refractivity contribution in [1.82, 2.24) is 10.2 Å².